The second kappa shape index (κ2) is 10.2. The van der Waals surface area contributed by atoms with Crippen molar-refractivity contribution in [3.8, 4) is 5.19 Å². The molecule has 2 amide bonds. The van der Waals surface area contributed by atoms with Crippen molar-refractivity contribution in [3.63, 3.8) is 0 Å². The molecule has 3 heterocycles. The number of likely N-dealkylation sites (N-methyl/N-ethyl adjacent to an activating group) is 1. The van der Waals surface area contributed by atoms with Gasteiger partial charge in [0.05, 0.1) is 16.1 Å². The number of ether oxygens (including phenoxy) is 1. The van der Waals surface area contributed by atoms with Gasteiger partial charge in [0.25, 0.3) is 5.19 Å². The van der Waals surface area contributed by atoms with Crippen LogP contribution in [0.2, 0.25) is 0 Å². The van der Waals surface area contributed by atoms with E-state index in [9.17, 15) is 14.8 Å². The van der Waals surface area contributed by atoms with Crippen molar-refractivity contribution < 1.29 is 19.5 Å². The molecule has 184 valence electrons. The lowest BCUT2D eigenvalue weighted by atomic mass is 9.86. The lowest BCUT2D eigenvalue weighted by molar-refractivity contribution is -0.151. The van der Waals surface area contributed by atoms with Crippen LogP contribution in [0.4, 0.5) is 5.69 Å². The van der Waals surface area contributed by atoms with E-state index in [0.717, 1.165) is 29.0 Å². The van der Waals surface area contributed by atoms with Crippen molar-refractivity contribution in [2.24, 2.45) is 5.92 Å². The Bertz CT molecular complexity index is 1150. The number of piperidine rings is 1. The third-order valence-electron chi connectivity index (χ3n) is 6.82. The van der Waals surface area contributed by atoms with E-state index in [1.54, 1.807) is 5.48 Å². The minimum absolute atomic E-state index is 0.0905. The summed E-state index contributed by atoms with van der Waals surface area (Å²) in [5.41, 5.74) is 3.77. The Balaban J connectivity index is 1.27. The zero-order valence-electron chi connectivity index (χ0n) is 19.5. The molecule has 5 rings (SSSR count). The Kier molecular flexibility index (Phi) is 6.85. The highest BCUT2D eigenvalue weighted by Gasteiger charge is 2.45. The highest BCUT2D eigenvalue weighted by atomic mass is 32.1. The van der Waals surface area contributed by atoms with E-state index in [1.165, 1.54) is 11.3 Å². The molecule has 3 aromatic rings. The van der Waals surface area contributed by atoms with Crippen molar-refractivity contribution in [2.45, 2.75) is 18.6 Å². The van der Waals surface area contributed by atoms with Crippen LogP contribution in [0.15, 0.2) is 54.6 Å². The average Bonchev–Trinajstić information content (AvgIpc) is 3.30. The molecule has 35 heavy (non-hydrogen) atoms. The lowest BCUT2D eigenvalue weighted by Crippen LogP contribution is -2.62. The standard InChI is InChI=1S/C25H29N5O4S/c1-28-16-18(34-25-26-20-9-5-6-10-21(20)35-25)15-19(23(31)27-33)22(28)24(32)30-13-11-29(12-14-30)17-7-3-2-4-8-17/h2-10,18-19,22,33H,11-16H2,1H3,(H,27,31)/t18-,19-,22-/m0/s1. The second-order valence-corrected chi connectivity index (χ2v) is 10.0. The zero-order valence-corrected chi connectivity index (χ0v) is 20.4. The highest BCUT2D eigenvalue weighted by Crippen LogP contribution is 2.32. The molecule has 2 saturated heterocycles. The number of piperazine rings is 1. The summed E-state index contributed by atoms with van der Waals surface area (Å²) in [6, 6.07) is 17.3. The van der Waals surface area contributed by atoms with E-state index in [0.29, 0.717) is 31.2 Å². The minimum atomic E-state index is -0.738. The van der Waals surface area contributed by atoms with Gasteiger partial charge in [0.1, 0.15) is 12.1 Å². The predicted molar refractivity (Wildman–Crippen MR) is 134 cm³/mol. The molecule has 2 N–H and O–H groups in total. The van der Waals surface area contributed by atoms with E-state index in [4.69, 9.17) is 4.74 Å². The van der Waals surface area contributed by atoms with Crippen LogP contribution in [-0.2, 0) is 9.59 Å². The normalized spacial score (nSPS) is 23.3. The Morgan fingerprint density at radius 3 is 2.49 bits per heavy atom. The van der Waals surface area contributed by atoms with Gasteiger partial charge in [-0.2, -0.15) is 0 Å². The molecule has 0 bridgehead atoms. The first-order chi connectivity index (χ1) is 17.0. The predicted octanol–water partition coefficient (Wildman–Crippen LogP) is 2.22. The summed E-state index contributed by atoms with van der Waals surface area (Å²) in [4.78, 5) is 36.7. The second-order valence-electron chi connectivity index (χ2n) is 9.04. The molecular weight excluding hydrogens is 466 g/mol. The Hall–Kier alpha value is -3.21. The minimum Gasteiger partial charge on any atom is -0.465 e. The van der Waals surface area contributed by atoms with E-state index < -0.39 is 17.9 Å². The fourth-order valence-electron chi connectivity index (χ4n) is 5.06. The van der Waals surface area contributed by atoms with Gasteiger partial charge in [0.2, 0.25) is 11.8 Å². The number of likely N-dealkylation sites (tertiary alicyclic amines) is 1. The average molecular weight is 496 g/mol. The third-order valence-corrected chi connectivity index (χ3v) is 7.75. The fourth-order valence-corrected chi connectivity index (χ4v) is 5.94. The van der Waals surface area contributed by atoms with Gasteiger partial charge >= 0.3 is 0 Å². The summed E-state index contributed by atoms with van der Waals surface area (Å²) >= 11 is 1.45. The van der Waals surface area contributed by atoms with E-state index in [2.05, 4.69) is 22.0 Å². The van der Waals surface area contributed by atoms with Gasteiger partial charge in [0, 0.05) is 38.4 Å². The number of carbonyl (C=O) groups is 2. The zero-order chi connectivity index (χ0) is 24.4. The Morgan fingerprint density at radius 2 is 1.77 bits per heavy atom. The third kappa shape index (κ3) is 4.95. The summed E-state index contributed by atoms with van der Waals surface area (Å²) < 4.78 is 7.17. The van der Waals surface area contributed by atoms with Gasteiger partial charge < -0.3 is 14.5 Å². The molecule has 10 heteroatoms. The molecule has 3 atom stereocenters. The van der Waals surface area contributed by atoms with Crippen LogP contribution >= 0.6 is 11.3 Å². The summed E-state index contributed by atoms with van der Waals surface area (Å²) in [7, 11) is 1.83. The van der Waals surface area contributed by atoms with Crippen molar-refractivity contribution in [1.29, 1.82) is 0 Å². The molecule has 9 nitrogen and oxygen atoms in total. The van der Waals surface area contributed by atoms with Crippen LogP contribution < -0.4 is 15.1 Å². The number of anilines is 1. The summed E-state index contributed by atoms with van der Waals surface area (Å²) in [6.45, 7) is 3.10. The van der Waals surface area contributed by atoms with Gasteiger partial charge in [-0.05, 0) is 37.7 Å². The van der Waals surface area contributed by atoms with Crippen molar-refractivity contribution in [2.75, 3.05) is 44.7 Å². The molecule has 0 spiro atoms. The van der Waals surface area contributed by atoms with Gasteiger partial charge in [-0.25, -0.2) is 10.5 Å². The number of nitrogens with zero attached hydrogens (tertiary/aromatic N) is 4. The molecule has 0 radical (unpaired) electrons. The van der Waals surface area contributed by atoms with Gasteiger partial charge in [0.15, 0.2) is 0 Å². The van der Waals surface area contributed by atoms with E-state index in [-0.39, 0.29) is 12.0 Å². The highest BCUT2D eigenvalue weighted by molar-refractivity contribution is 7.20. The SMILES string of the molecule is CN1C[C@@H](Oc2nc3ccccc3s2)C[C@H](C(=O)NO)[C@H]1C(=O)N1CCN(c2ccccc2)CC1. The maximum absolute atomic E-state index is 13.6. The molecule has 0 aliphatic carbocycles. The number of carbonyl (C=O) groups excluding carboxylic acids is 2. The van der Waals surface area contributed by atoms with Gasteiger partial charge in [-0.3, -0.25) is 19.7 Å². The molecule has 2 aliphatic rings. The Labute approximate surface area is 207 Å². The maximum Gasteiger partial charge on any atom is 0.274 e. The number of para-hydroxylation sites is 2. The molecular formula is C25H29N5O4S. The van der Waals surface area contributed by atoms with Crippen molar-refractivity contribution in [1.82, 2.24) is 20.3 Å². The monoisotopic (exact) mass is 495 g/mol. The van der Waals surface area contributed by atoms with Crippen LogP contribution in [0, 0.1) is 5.92 Å². The topological polar surface area (TPSA) is 98.2 Å². The number of aromatic nitrogens is 1. The number of hydrogen-bond donors (Lipinski definition) is 2. The fraction of sp³-hybridized carbons (Fsp3) is 0.400. The number of nitrogens with one attached hydrogen (secondary N) is 1. The summed E-state index contributed by atoms with van der Waals surface area (Å²) in [6.07, 6.45) is -0.0191. The lowest BCUT2D eigenvalue weighted by Gasteiger charge is -2.44. The number of amides is 2. The molecule has 2 fully saturated rings. The number of hydroxylamine groups is 1. The smallest absolute Gasteiger partial charge is 0.274 e. The van der Waals surface area contributed by atoms with Crippen LogP contribution in [0.5, 0.6) is 5.19 Å². The largest absolute Gasteiger partial charge is 0.465 e. The van der Waals surface area contributed by atoms with E-state index in [1.807, 2.05) is 59.3 Å². The van der Waals surface area contributed by atoms with Crippen LogP contribution in [0.3, 0.4) is 0 Å². The van der Waals surface area contributed by atoms with Crippen LogP contribution in [-0.4, -0.2) is 83.7 Å². The van der Waals surface area contributed by atoms with Crippen molar-refractivity contribution in [3.05, 3.63) is 54.6 Å². The van der Waals surface area contributed by atoms with Crippen molar-refractivity contribution >= 4 is 39.1 Å². The maximum atomic E-state index is 13.6. The molecule has 2 aromatic carbocycles. The summed E-state index contributed by atoms with van der Waals surface area (Å²) in [5.74, 6) is -1.40. The summed E-state index contributed by atoms with van der Waals surface area (Å²) in [5, 5.41) is 9.95. The quantitative estimate of drug-likeness (QED) is 0.414. The molecule has 0 saturated carbocycles. The number of benzene rings is 2. The molecule has 0 unspecified atom stereocenters. The first-order valence-corrected chi connectivity index (χ1v) is 12.6. The molecule has 1 aromatic heterocycles. The number of rotatable bonds is 5. The van der Waals surface area contributed by atoms with Crippen LogP contribution in [0.25, 0.3) is 10.2 Å². The van der Waals surface area contributed by atoms with Crippen LogP contribution in [0.1, 0.15) is 6.42 Å². The van der Waals surface area contributed by atoms with Gasteiger partial charge in [-0.1, -0.05) is 41.7 Å². The van der Waals surface area contributed by atoms with Gasteiger partial charge in [-0.15, -0.1) is 0 Å². The first-order valence-electron chi connectivity index (χ1n) is 11.8. The van der Waals surface area contributed by atoms with E-state index >= 15 is 0 Å². The number of hydrogen-bond acceptors (Lipinski definition) is 8. The number of thiazole rings is 1. The first kappa shape index (κ1) is 23.5. The molecule has 2 aliphatic heterocycles. The number of fused-ring (bicyclic) bond motifs is 1. The Morgan fingerprint density at radius 1 is 1.06 bits per heavy atom.